The van der Waals surface area contributed by atoms with Gasteiger partial charge in [-0.25, -0.2) is 4.79 Å². The van der Waals surface area contributed by atoms with Crippen molar-refractivity contribution in [2.75, 3.05) is 13.7 Å². The number of carbonyl (C=O) groups excluding carboxylic acids is 1. The number of benzene rings is 2. The summed E-state index contributed by atoms with van der Waals surface area (Å²) >= 11 is 12.5. The average molecular weight is 411 g/mol. The summed E-state index contributed by atoms with van der Waals surface area (Å²) in [5, 5.41) is 0.579. The minimum atomic E-state index is -0.546. The average Bonchev–Trinajstić information content (AvgIpc) is 2.66. The molecule has 0 aliphatic heterocycles. The van der Waals surface area contributed by atoms with Crippen LogP contribution in [0.3, 0.4) is 0 Å². The lowest BCUT2D eigenvalue weighted by atomic mass is 10.2. The maximum Gasteiger partial charge on any atom is 0.343 e. The summed E-state index contributed by atoms with van der Waals surface area (Å²) in [5.74, 6) is 0.933. The fourth-order valence-corrected chi connectivity index (χ4v) is 3.10. The molecule has 0 unspecified atom stereocenters. The van der Waals surface area contributed by atoms with Crippen LogP contribution in [0.4, 0.5) is 0 Å². The Hall–Kier alpha value is -1.91. The molecule has 6 heteroatoms. The minimum absolute atomic E-state index is 0.260. The third kappa shape index (κ3) is 6.64. The first-order valence-electron chi connectivity index (χ1n) is 9.03. The Morgan fingerprint density at radius 2 is 1.52 bits per heavy atom. The maximum atomic E-state index is 12.3. The van der Waals surface area contributed by atoms with Gasteiger partial charge >= 0.3 is 5.97 Å². The van der Waals surface area contributed by atoms with E-state index >= 15 is 0 Å². The number of carbonyl (C=O) groups is 1. The number of esters is 1. The Balaban J connectivity index is 1.96. The lowest BCUT2D eigenvalue weighted by molar-refractivity contribution is 0.0734. The molecular weight excluding hydrogens is 387 g/mol. The van der Waals surface area contributed by atoms with Crippen molar-refractivity contribution in [3.05, 3.63) is 52.0 Å². The Kier molecular flexibility index (Phi) is 8.76. The molecule has 2 aromatic rings. The van der Waals surface area contributed by atoms with Crippen molar-refractivity contribution in [2.45, 2.75) is 39.0 Å². The highest BCUT2D eigenvalue weighted by Gasteiger charge is 2.16. The SMILES string of the molecule is CCCCCCCOc1c(Cl)cc(C(=O)Oc2ccc(OC)cc2)cc1Cl. The van der Waals surface area contributed by atoms with E-state index in [1.54, 1.807) is 31.4 Å². The van der Waals surface area contributed by atoms with Crippen molar-refractivity contribution in [3.8, 4) is 17.2 Å². The molecule has 0 atom stereocenters. The molecule has 0 N–H and O–H groups in total. The highest BCUT2D eigenvalue weighted by Crippen LogP contribution is 2.35. The zero-order valence-electron chi connectivity index (χ0n) is 15.6. The van der Waals surface area contributed by atoms with Gasteiger partial charge in [-0.05, 0) is 42.8 Å². The van der Waals surface area contributed by atoms with Gasteiger partial charge in [0.2, 0.25) is 0 Å². The highest BCUT2D eigenvalue weighted by molar-refractivity contribution is 6.37. The van der Waals surface area contributed by atoms with Crippen LogP contribution in [0.25, 0.3) is 0 Å². The van der Waals surface area contributed by atoms with Crippen molar-refractivity contribution in [1.82, 2.24) is 0 Å². The van der Waals surface area contributed by atoms with Crippen LogP contribution in [0.5, 0.6) is 17.2 Å². The summed E-state index contributed by atoms with van der Waals surface area (Å²) in [6, 6.07) is 9.73. The van der Waals surface area contributed by atoms with Crippen molar-refractivity contribution in [2.24, 2.45) is 0 Å². The van der Waals surface area contributed by atoms with Crippen LogP contribution in [0.15, 0.2) is 36.4 Å². The van der Waals surface area contributed by atoms with Gasteiger partial charge in [0.05, 0.1) is 29.3 Å². The third-order valence-corrected chi connectivity index (χ3v) is 4.56. The van der Waals surface area contributed by atoms with E-state index in [9.17, 15) is 4.79 Å². The lowest BCUT2D eigenvalue weighted by Gasteiger charge is -2.12. The maximum absolute atomic E-state index is 12.3. The fraction of sp³-hybridized carbons (Fsp3) is 0.381. The molecule has 0 saturated heterocycles. The topological polar surface area (TPSA) is 44.8 Å². The van der Waals surface area contributed by atoms with Crippen LogP contribution in [0, 0.1) is 0 Å². The normalized spacial score (nSPS) is 10.5. The van der Waals surface area contributed by atoms with E-state index in [-0.39, 0.29) is 15.6 Å². The molecule has 0 radical (unpaired) electrons. The monoisotopic (exact) mass is 410 g/mol. The van der Waals surface area contributed by atoms with E-state index in [0.29, 0.717) is 23.9 Å². The molecule has 0 heterocycles. The van der Waals surface area contributed by atoms with Gasteiger partial charge in [-0.15, -0.1) is 0 Å². The number of hydrogen-bond acceptors (Lipinski definition) is 4. The molecule has 0 saturated carbocycles. The van der Waals surface area contributed by atoms with Gasteiger partial charge in [-0.3, -0.25) is 0 Å². The first kappa shape index (κ1) is 21.4. The first-order valence-corrected chi connectivity index (χ1v) is 9.78. The van der Waals surface area contributed by atoms with E-state index in [1.807, 2.05) is 0 Å². The van der Waals surface area contributed by atoms with Crippen LogP contribution >= 0.6 is 23.2 Å². The van der Waals surface area contributed by atoms with Gasteiger partial charge in [0, 0.05) is 0 Å². The molecule has 0 amide bonds. The fourth-order valence-electron chi connectivity index (χ4n) is 2.51. The highest BCUT2D eigenvalue weighted by atomic mass is 35.5. The van der Waals surface area contributed by atoms with Gasteiger partial charge < -0.3 is 14.2 Å². The van der Waals surface area contributed by atoms with Gasteiger partial charge in [0.15, 0.2) is 5.75 Å². The van der Waals surface area contributed by atoms with Gasteiger partial charge in [-0.2, -0.15) is 0 Å². The van der Waals surface area contributed by atoms with Crippen LogP contribution in [0.1, 0.15) is 49.4 Å². The number of rotatable bonds is 10. The van der Waals surface area contributed by atoms with Crippen LogP contribution in [0.2, 0.25) is 10.0 Å². The molecule has 0 aliphatic carbocycles. The molecule has 27 heavy (non-hydrogen) atoms. The van der Waals surface area contributed by atoms with Gasteiger partial charge in [0.1, 0.15) is 11.5 Å². The van der Waals surface area contributed by atoms with E-state index < -0.39 is 5.97 Å². The minimum Gasteiger partial charge on any atom is -0.497 e. The first-order chi connectivity index (χ1) is 13.0. The lowest BCUT2D eigenvalue weighted by Crippen LogP contribution is -2.09. The summed E-state index contributed by atoms with van der Waals surface area (Å²) in [6.07, 6.45) is 5.67. The molecular formula is C21H24Cl2O4. The molecule has 0 fully saturated rings. The predicted octanol–water partition coefficient (Wildman–Crippen LogP) is 6.57. The smallest absolute Gasteiger partial charge is 0.343 e. The Labute approximate surface area is 170 Å². The Morgan fingerprint density at radius 3 is 2.11 bits per heavy atom. The summed E-state index contributed by atoms with van der Waals surface area (Å²) in [4.78, 5) is 12.3. The molecule has 0 spiro atoms. The molecule has 0 aliphatic rings. The summed E-state index contributed by atoms with van der Waals surface area (Å²) in [7, 11) is 1.57. The van der Waals surface area contributed by atoms with Crippen LogP contribution < -0.4 is 14.2 Å². The quantitative estimate of drug-likeness (QED) is 0.252. The summed E-state index contributed by atoms with van der Waals surface area (Å²) in [5.41, 5.74) is 0.260. The molecule has 2 rings (SSSR count). The molecule has 146 valence electrons. The van der Waals surface area contributed by atoms with E-state index in [2.05, 4.69) is 6.92 Å². The second kappa shape index (κ2) is 11.1. The van der Waals surface area contributed by atoms with Crippen molar-refractivity contribution < 1.29 is 19.0 Å². The molecule has 2 aromatic carbocycles. The van der Waals surface area contributed by atoms with Crippen molar-refractivity contribution in [1.29, 1.82) is 0 Å². The van der Waals surface area contributed by atoms with E-state index in [0.717, 1.165) is 12.8 Å². The number of halogens is 2. The number of ether oxygens (including phenoxy) is 3. The largest absolute Gasteiger partial charge is 0.497 e. The number of hydrogen-bond donors (Lipinski definition) is 0. The van der Waals surface area contributed by atoms with Crippen molar-refractivity contribution in [3.63, 3.8) is 0 Å². The van der Waals surface area contributed by atoms with Gasteiger partial charge in [-0.1, -0.05) is 55.8 Å². The van der Waals surface area contributed by atoms with Crippen molar-refractivity contribution >= 4 is 29.2 Å². The molecule has 0 bridgehead atoms. The number of unbranched alkanes of at least 4 members (excludes halogenated alkanes) is 4. The van der Waals surface area contributed by atoms with Gasteiger partial charge in [0.25, 0.3) is 0 Å². The van der Waals surface area contributed by atoms with E-state index in [4.69, 9.17) is 37.4 Å². The Bertz CT molecular complexity index is 721. The second-order valence-electron chi connectivity index (χ2n) is 6.10. The Morgan fingerprint density at radius 1 is 0.926 bits per heavy atom. The zero-order chi connectivity index (χ0) is 19.6. The summed E-state index contributed by atoms with van der Waals surface area (Å²) < 4.78 is 16.1. The number of methoxy groups -OCH3 is 1. The van der Waals surface area contributed by atoms with Crippen LogP contribution in [-0.4, -0.2) is 19.7 Å². The molecule has 0 aromatic heterocycles. The predicted molar refractivity (Wildman–Crippen MR) is 109 cm³/mol. The standard InChI is InChI=1S/C21H24Cl2O4/c1-3-4-5-6-7-12-26-20-18(22)13-15(14-19(20)23)21(24)27-17-10-8-16(25-2)9-11-17/h8-11,13-14H,3-7,12H2,1-2H3. The second-order valence-corrected chi connectivity index (χ2v) is 6.91. The van der Waals surface area contributed by atoms with Crippen LogP contribution in [-0.2, 0) is 0 Å². The molecule has 4 nitrogen and oxygen atoms in total. The third-order valence-electron chi connectivity index (χ3n) is 4.00. The summed E-state index contributed by atoms with van der Waals surface area (Å²) in [6.45, 7) is 2.72. The zero-order valence-corrected chi connectivity index (χ0v) is 17.1. The van der Waals surface area contributed by atoms with E-state index in [1.165, 1.54) is 31.4 Å².